The van der Waals surface area contributed by atoms with Crippen LogP contribution in [-0.4, -0.2) is 98.9 Å². The zero-order valence-corrected chi connectivity index (χ0v) is 29.2. The van der Waals surface area contributed by atoms with Gasteiger partial charge >= 0.3 is 59.1 Å². The minimum atomic E-state index is -1.73. The van der Waals surface area contributed by atoms with Gasteiger partial charge in [-0.25, -0.2) is 0 Å². The Morgan fingerprint density at radius 2 is 1.16 bits per heavy atom. The van der Waals surface area contributed by atoms with Gasteiger partial charge in [-0.05, 0) is 12.8 Å². The monoisotopic (exact) mass is 679 g/mol. The Morgan fingerprint density at radius 3 is 1.42 bits per heavy atom. The van der Waals surface area contributed by atoms with Crippen LogP contribution in [0.3, 0.4) is 0 Å². The molecule has 0 aliphatic rings. The van der Waals surface area contributed by atoms with Gasteiger partial charge < -0.3 is 59.8 Å². The number of primary amides is 1. The van der Waals surface area contributed by atoms with Crippen LogP contribution in [0.15, 0.2) is 0 Å². The summed E-state index contributed by atoms with van der Waals surface area (Å²) in [5.41, 5.74) is 3.98. The summed E-state index contributed by atoms with van der Waals surface area (Å²) in [5.74, 6) is -9.50. The zero-order valence-electron chi connectivity index (χ0n) is 25.2. The number of carbonyl (C=O) groups excluding carboxylic acids is 4. The van der Waals surface area contributed by atoms with Crippen molar-refractivity contribution in [3.05, 3.63) is 14.9 Å². The van der Waals surface area contributed by atoms with Crippen molar-refractivity contribution < 1.29 is 103 Å². The summed E-state index contributed by atoms with van der Waals surface area (Å²) in [6, 6.07) is 0. The van der Waals surface area contributed by atoms with Crippen molar-refractivity contribution in [2.24, 2.45) is 28.9 Å². The molecule has 13 heteroatoms. The minimum Gasteiger partial charge on any atom is -0.550 e. The van der Waals surface area contributed by atoms with Gasteiger partial charge in [0.05, 0.1) is 35.2 Å². The van der Waals surface area contributed by atoms with E-state index in [-0.39, 0.29) is 157 Å². The second-order valence-electron chi connectivity index (χ2n) is 11.2. The largest absolute Gasteiger partial charge is 1.00 e. The summed E-state index contributed by atoms with van der Waals surface area (Å²) < 4.78 is 0.850. The fraction of sp³-hybridized carbons (Fsp3) is 0.812. The van der Waals surface area contributed by atoms with Crippen molar-refractivity contribution in [2.45, 2.75) is 99.1 Å². The van der Waals surface area contributed by atoms with Crippen LogP contribution >= 0.6 is 0 Å². The van der Waals surface area contributed by atoms with Crippen molar-refractivity contribution >= 4 is 23.8 Å². The first-order chi connectivity index (χ1) is 14.7. The number of aliphatic carboxylic acids is 2. The van der Waals surface area contributed by atoms with Crippen LogP contribution in [0, 0.1) is 38.0 Å². The normalized spacial score (nSPS) is 12.0. The van der Waals surface area contributed by atoms with Gasteiger partial charge in [0.2, 0.25) is 11.8 Å². The summed E-state index contributed by atoms with van der Waals surface area (Å²) in [6.45, 7) is 5.56. The molecule has 4 N–H and O–H groups in total. The first kappa shape index (κ1) is 85.0. The number of hydrogen-bond acceptors (Lipinski definition) is 7. The summed E-state index contributed by atoms with van der Waals surface area (Å²) in [5, 5.41) is 36.7. The van der Waals surface area contributed by atoms with Gasteiger partial charge in [-0.2, -0.15) is 0 Å². The molecule has 0 rings (SSSR count). The summed E-state index contributed by atoms with van der Waals surface area (Å²) in [6.07, 6.45) is -0.983. The quantitative estimate of drug-likeness (QED) is 0.0711. The molecule has 0 aromatic carbocycles. The third-order valence-corrected chi connectivity index (χ3v) is 5.72. The van der Waals surface area contributed by atoms with Crippen molar-refractivity contribution in [2.75, 3.05) is 55.0 Å². The van der Waals surface area contributed by atoms with Gasteiger partial charge in [-0.1, -0.05) is 80.2 Å². The van der Waals surface area contributed by atoms with Gasteiger partial charge in [-0.3, -0.25) is 9.59 Å². The number of quaternary nitrogens is 2. The molecule has 0 aromatic heterocycles. The maximum atomic E-state index is 12.9. The van der Waals surface area contributed by atoms with E-state index in [0.717, 1.165) is 0 Å². The predicted octanol–water partition coefficient (Wildman–Crippen LogP) is -3.14. The van der Waals surface area contributed by atoms with Gasteiger partial charge in [0.25, 0.3) is 0 Å². The molecule has 4 atom stereocenters. The number of aliphatic hydroxyl groups is 1. The van der Waals surface area contributed by atoms with Crippen LogP contribution in [0.5, 0.6) is 0 Å². The molecule has 0 heterocycles. The van der Waals surface area contributed by atoms with E-state index in [0.29, 0.717) is 17.6 Å². The molecule has 0 saturated heterocycles. The van der Waals surface area contributed by atoms with Crippen molar-refractivity contribution in [3.8, 4) is 0 Å². The SMILES string of the molecule is C.C.C.C.C.C.C.C.CCC(C(N)=O)C(C(=O)[O-])C(CC(C)(C)C(=O)NC[N+](C)(C)CC(O)C[N+](C)(C)C)C(=O)[O-].[CH3-].[CH3-].[Na+].[Na+]. The van der Waals surface area contributed by atoms with E-state index in [1.54, 1.807) is 0 Å². The number of hydrogen-bond donors (Lipinski definition) is 3. The molecule has 0 aromatic rings. The topological polar surface area (TPSA) is 173 Å². The summed E-state index contributed by atoms with van der Waals surface area (Å²) >= 11 is 0. The third kappa shape index (κ3) is 32.1. The minimum absolute atomic E-state index is 0. The Labute approximate surface area is 327 Å². The van der Waals surface area contributed by atoms with E-state index in [2.05, 4.69) is 5.32 Å². The fourth-order valence-electron chi connectivity index (χ4n) is 4.09. The van der Waals surface area contributed by atoms with E-state index in [9.17, 15) is 34.5 Å². The standard InChI is InChI=1S/C22H42N4O7.8CH4.2CH3.2Na/c1-9-15(18(23)28)17(20(31)32)16(19(29)30)10-22(2,3)21(33)24-13-26(7,8)12-14(27)11-25(4,5)6;;;;;;;;;;;;/h14-17,27H,9-13H2,1-8H3,(H3-2,23,24,28,29,30,31,32,33);8*1H4;2*1H3;;/q;;;;;;;;;2*-1;2*+1. The molecule has 11 nitrogen and oxygen atoms in total. The number of nitrogens with zero attached hydrogens (tertiary/aromatic N) is 2. The van der Waals surface area contributed by atoms with Gasteiger partial charge in [-0.15, -0.1) is 0 Å². The van der Waals surface area contributed by atoms with E-state index in [1.807, 2.05) is 35.2 Å². The molecule has 2 amide bonds. The molecular weight excluding hydrogens is 598 g/mol. The number of rotatable bonds is 15. The number of aliphatic hydroxyl groups excluding tert-OH is 1. The second kappa shape index (κ2) is 35.1. The van der Waals surface area contributed by atoms with Crippen molar-refractivity contribution in [3.63, 3.8) is 0 Å². The number of likely N-dealkylation sites (N-methyl/N-ethyl adjacent to an activating group) is 2. The maximum Gasteiger partial charge on any atom is 1.00 e. The van der Waals surface area contributed by atoms with Crippen LogP contribution in [0.25, 0.3) is 0 Å². The fourth-order valence-corrected chi connectivity index (χ4v) is 4.09. The molecule has 0 bridgehead atoms. The van der Waals surface area contributed by atoms with E-state index in [1.165, 1.54) is 20.8 Å². The number of carboxylic acid groups (broad SMARTS) is 2. The Kier molecular flexibility index (Phi) is 66.2. The van der Waals surface area contributed by atoms with Gasteiger partial charge in [0.1, 0.15) is 13.1 Å². The number of carboxylic acids is 2. The molecule has 4 unspecified atom stereocenters. The molecule has 0 fully saturated rings. The van der Waals surface area contributed by atoms with E-state index < -0.39 is 53.0 Å². The molecule has 272 valence electrons. The third-order valence-electron chi connectivity index (χ3n) is 5.72. The van der Waals surface area contributed by atoms with E-state index in [4.69, 9.17) is 5.73 Å². The van der Waals surface area contributed by atoms with Crippen molar-refractivity contribution in [1.82, 2.24) is 5.32 Å². The summed E-state index contributed by atoms with van der Waals surface area (Å²) in [7, 11) is 9.55. The molecule has 0 spiro atoms. The Morgan fingerprint density at radius 1 is 0.778 bits per heavy atom. The molecule has 0 radical (unpaired) electrons. The summed E-state index contributed by atoms with van der Waals surface area (Å²) in [4.78, 5) is 48.1. The number of nitrogens with one attached hydrogen (secondary N) is 1. The van der Waals surface area contributed by atoms with Crippen LogP contribution < -0.4 is 80.4 Å². The van der Waals surface area contributed by atoms with E-state index >= 15 is 0 Å². The van der Waals surface area contributed by atoms with Crippen LogP contribution in [-0.2, 0) is 19.2 Å². The first-order valence-corrected chi connectivity index (χ1v) is 11.0. The predicted molar refractivity (Wildman–Crippen MR) is 184 cm³/mol. The number of nitrogens with two attached hydrogens (primary N) is 1. The Hall–Kier alpha value is -0.240. The zero-order chi connectivity index (χ0) is 26.4. The maximum absolute atomic E-state index is 12.9. The van der Waals surface area contributed by atoms with Crippen LogP contribution in [0.4, 0.5) is 0 Å². The average molecular weight is 679 g/mol. The molecule has 0 aliphatic heterocycles. The van der Waals surface area contributed by atoms with Crippen LogP contribution in [0.1, 0.15) is 93.0 Å². The first-order valence-electron chi connectivity index (χ1n) is 11.0. The Bertz CT molecular complexity index is 733. The van der Waals surface area contributed by atoms with Gasteiger partial charge in [0.15, 0.2) is 12.8 Å². The number of carbonyl (C=O) groups is 4. The number of amides is 2. The Balaban J connectivity index is -0.0000000776. The van der Waals surface area contributed by atoms with Gasteiger partial charge in [0, 0.05) is 35.1 Å². The van der Waals surface area contributed by atoms with Crippen LogP contribution in [0.2, 0.25) is 0 Å². The molecular formula is C32H80N4Na2O7. The second-order valence-corrected chi connectivity index (χ2v) is 11.2. The molecule has 0 saturated carbocycles. The smallest absolute Gasteiger partial charge is 0.550 e. The van der Waals surface area contributed by atoms with Crippen molar-refractivity contribution in [1.29, 1.82) is 0 Å². The average Bonchev–Trinajstić information content (AvgIpc) is 2.59. The molecule has 45 heavy (non-hydrogen) atoms. The molecule has 0 aliphatic carbocycles.